The van der Waals surface area contributed by atoms with E-state index in [9.17, 15) is 9.18 Å². The van der Waals surface area contributed by atoms with Gasteiger partial charge in [-0.05, 0) is 72.2 Å². The van der Waals surface area contributed by atoms with Crippen LogP contribution in [-0.2, 0) is 11.2 Å². The number of hydrogen-bond acceptors (Lipinski definition) is 4. The Morgan fingerprint density at radius 3 is 2.58 bits per heavy atom. The summed E-state index contributed by atoms with van der Waals surface area (Å²) in [6.45, 7) is 8.92. The lowest BCUT2D eigenvalue weighted by Crippen LogP contribution is -2.22. The number of aromatic amines is 1. The maximum absolute atomic E-state index is 13.8. The molecule has 2 aliphatic carbocycles. The molecular formula is C38H40FN5O. The first-order valence-electron chi connectivity index (χ1n) is 15.5. The van der Waals surface area contributed by atoms with Crippen molar-refractivity contribution in [1.29, 1.82) is 0 Å². The summed E-state index contributed by atoms with van der Waals surface area (Å²) < 4.78 is 13.8. The summed E-state index contributed by atoms with van der Waals surface area (Å²) in [5, 5.41) is 6.47. The molecule has 230 valence electrons. The van der Waals surface area contributed by atoms with Gasteiger partial charge in [0.1, 0.15) is 5.82 Å². The van der Waals surface area contributed by atoms with Crippen molar-refractivity contribution < 1.29 is 9.18 Å². The van der Waals surface area contributed by atoms with Gasteiger partial charge < -0.3 is 21.4 Å². The zero-order valence-corrected chi connectivity index (χ0v) is 26.4. The first-order chi connectivity index (χ1) is 21.6. The SMILES string of the molecule is CC1=CC=C(c2ccc(F)cc2)c2cc(C3=CCNC(=C/N)/C3=C\C(=C3CC3)c3cncc(NC(=O)CC(C)(C)C)c3)[nH]c2C1. The third kappa shape index (κ3) is 6.93. The summed E-state index contributed by atoms with van der Waals surface area (Å²) >= 11 is 0. The van der Waals surface area contributed by atoms with Crippen LogP contribution in [0.3, 0.4) is 0 Å². The smallest absolute Gasteiger partial charge is 0.224 e. The molecule has 1 aliphatic heterocycles. The molecule has 0 saturated heterocycles. The fraction of sp³-hybridized carbons (Fsp3) is 0.263. The number of halogens is 1. The number of amides is 1. The maximum Gasteiger partial charge on any atom is 0.224 e. The average Bonchev–Trinajstić information content (AvgIpc) is 3.78. The highest BCUT2D eigenvalue weighted by Crippen LogP contribution is 2.42. The molecule has 0 radical (unpaired) electrons. The molecule has 6 rings (SSSR count). The molecule has 1 amide bonds. The van der Waals surface area contributed by atoms with Crippen LogP contribution in [0, 0.1) is 11.2 Å². The molecule has 0 bridgehead atoms. The number of anilines is 1. The Morgan fingerprint density at radius 2 is 1.87 bits per heavy atom. The number of allylic oxidation sites excluding steroid dienone is 7. The number of rotatable bonds is 6. The van der Waals surface area contributed by atoms with Crippen molar-refractivity contribution in [2.24, 2.45) is 11.1 Å². The minimum absolute atomic E-state index is 0.0267. The topological polar surface area (TPSA) is 95.8 Å². The summed E-state index contributed by atoms with van der Waals surface area (Å²) in [6, 6.07) is 10.9. The van der Waals surface area contributed by atoms with Gasteiger partial charge in [-0.2, -0.15) is 0 Å². The van der Waals surface area contributed by atoms with E-state index >= 15 is 0 Å². The Morgan fingerprint density at radius 1 is 1.09 bits per heavy atom. The minimum Gasteiger partial charge on any atom is -0.403 e. The van der Waals surface area contributed by atoms with Crippen LogP contribution in [0.2, 0.25) is 0 Å². The third-order valence-electron chi connectivity index (χ3n) is 8.16. The van der Waals surface area contributed by atoms with E-state index in [0.29, 0.717) is 18.7 Å². The van der Waals surface area contributed by atoms with Gasteiger partial charge >= 0.3 is 0 Å². The van der Waals surface area contributed by atoms with Crippen molar-refractivity contribution in [3.05, 3.63) is 136 Å². The van der Waals surface area contributed by atoms with Crippen molar-refractivity contribution in [2.45, 2.75) is 53.4 Å². The van der Waals surface area contributed by atoms with Gasteiger partial charge in [0, 0.05) is 65.4 Å². The van der Waals surface area contributed by atoms with E-state index in [4.69, 9.17) is 5.73 Å². The molecule has 1 aromatic carbocycles. The van der Waals surface area contributed by atoms with Crippen LogP contribution in [0.5, 0.6) is 0 Å². The summed E-state index contributed by atoms with van der Waals surface area (Å²) in [5.74, 6) is -0.278. The Kier molecular flexibility index (Phi) is 8.19. The van der Waals surface area contributed by atoms with Crippen molar-refractivity contribution in [1.82, 2.24) is 15.3 Å². The highest BCUT2D eigenvalue weighted by Gasteiger charge is 2.25. The molecular weight excluding hydrogens is 561 g/mol. The van der Waals surface area contributed by atoms with E-state index in [-0.39, 0.29) is 17.1 Å². The van der Waals surface area contributed by atoms with Crippen molar-refractivity contribution in [3.63, 3.8) is 0 Å². The van der Waals surface area contributed by atoms with Gasteiger partial charge in [-0.25, -0.2) is 4.39 Å². The van der Waals surface area contributed by atoms with Crippen LogP contribution in [0.25, 0.3) is 16.7 Å². The average molecular weight is 602 g/mol. The number of hydrogen-bond donors (Lipinski definition) is 4. The lowest BCUT2D eigenvalue weighted by Gasteiger charge is -2.22. The number of H-pyrrole nitrogens is 1. The number of benzene rings is 1. The maximum atomic E-state index is 13.8. The fourth-order valence-corrected chi connectivity index (χ4v) is 5.94. The zero-order chi connectivity index (χ0) is 31.7. The second kappa shape index (κ2) is 12.2. The Balaban J connectivity index is 1.38. The molecule has 0 unspecified atom stereocenters. The third-order valence-corrected chi connectivity index (χ3v) is 8.16. The minimum atomic E-state index is -0.251. The molecule has 1 fully saturated rings. The van der Waals surface area contributed by atoms with Crippen LogP contribution in [0.1, 0.15) is 75.0 Å². The van der Waals surface area contributed by atoms with Gasteiger partial charge in [-0.15, -0.1) is 0 Å². The van der Waals surface area contributed by atoms with Crippen LogP contribution in [-0.4, -0.2) is 22.4 Å². The quantitative estimate of drug-likeness (QED) is 0.232. The lowest BCUT2D eigenvalue weighted by atomic mass is 9.91. The fourth-order valence-electron chi connectivity index (χ4n) is 5.94. The monoisotopic (exact) mass is 601 g/mol. The molecule has 3 aliphatic rings. The number of nitrogens with zero attached hydrogens (tertiary/aromatic N) is 1. The van der Waals surface area contributed by atoms with Gasteiger partial charge in [0.2, 0.25) is 5.91 Å². The number of nitrogens with two attached hydrogens (primary N) is 1. The molecule has 0 atom stereocenters. The standard InChI is InChI=1S/C38H40FN5O/c1-23-5-12-29(24-8-10-27(39)11-9-24)33-18-35(44-34(33)15-23)30-13-14-42-36(20-40)32(30)17-31(25-6-7-25)26-16-28(22-41-21-26)43-37(45)19-38(2,3)4/h5,8-13,16-18,20-22,42,44H,6-7,14-15,19,40H2,1-4H3,(H,43,45)/b32-17-,36-20+. The highest BCUT2D eigenvalue weighted by molar-refractivity contribution is 5.94. The van der Waals surface area contributed by atoms with Crippen molar-refractivity contribution in [2.75, 3.05) is 11.9 Å². The van der Waals surface area contributed by atoms with Crippen LogP contribution in [0.15, 0.2) is 102 Å². The number of fused-ring (bicyclic) bond motifs is 1. The summed E-state index contributed by atoms with van der Waals surface area (Å²) in [6.07, 6.45) is 17.1. The largest absolute Gasteiger partial charge is 0.403 e. The predicted molar refractivity (Wildman–Crippen MR) is 181 cm³/mol. The normalized spacial score (nSPS) is 18.0. The van der Waals surface area contributed by atoms with Crippen LogP contribution in [0.4, 0.5) is 10.1 Å². The first kappa shape index (κ1) is 30.1. The van der Waals surface area contributed by atoms with Crippen molar-refractivity contribution >= 4 is 28.3 Å². The summed E-state index contributed by atoms with van der Waals surface area (Å²) in [5.41, 5.74) is 19.5. The number of carbonyl (C=O) groups excluding carboxylic acids is 1. The summed E-state index contributed by atoms with van der Waals surface area (Å²) in [4.78, 5) is 20.9. The first-order valence-corrected chi connectivity index (χ1v) is 15.5. The van der Waals surface area contributed by atoms with Gasteiger partial charge in [0.15, 0.2) is 0 Å². The Hall–Kier alpha value is -4.91. The zero-order valence-electron chi connectivity index (χ0n) is 26.4. The van der Waals surface area contributed by atoms with Gasteiger partial charge in [-0.3, -0.25) is 9.78 Å². The van der Waals surface area contributed by atoms with Crippen LogP contribution < -0.4 is 16.4 Å². The van der Waals surface area contributed by atoms with E-state index in [1.807, 2.05) is 24.4 Å². The second-order valence-corrected chi connectivity index (χ2v) is 13.3. The second-order valence-electron chi connectivity index (χ2n) is 13.3. The van der Waals surface area contributed by atoms with E-state index in [0.717, 1.165) is 75.3 Å². The van der Waals surface area contributed by atoms with E-state index in [1.165, 1.54) is 23.3 Å². The van der Waals surface area contributed by atoms with Gasteiger partial charge in [0.05, 0.1) is 17.6 Å². The lowest BCUT2D eigenvalue weighted by molar-refractivity contribution is -0.117. The van der Waals surface area contributed by atoms with E-state index < -0.39 is 0 Å². The molecule has 45 heavy (non-hydrogen) atoms. The molecule has 6 nitrogen and oxygen atoms in total. The number of carbonyl (C=O) groups is 1. The molecule has 1 saturated carbocycles. The summed E-state index contributed by atoms with van der Waals surface area (Å²) in [7, 11) is 0. The predicted octanol–water partition coefficient (Wildman–Crippen LogP) is 7.82. The Labute approximate surface area is 264 Å². The van der Waals surface area contributed by atoms with Gasteiger partial charge in [-0.1, -0.05) is 62.3 Å². The molecule has 5 N–H and O–H groups in total. The molecule has 0 spiro atoms. The molecule has 3 heterocycles. The van der Waals surface area contributed by atoms with E-state index in [2.05, 4.69) is 78.7 Å². The molecule has 7 heteroatoms. The number of pyridine rings is 1. The van der Waals surface area contributed by atoms with E-state index in [1.54, 1.807) is 12.4 Å². The van der Waals surface area contributed by atoms with Gasteiger partial charge in [0.25, 0.3) is 0 Å². The molecule has 3 aromatic rings. The number of aromatic nitrogens is 2. The van der Waals surface area contributed by atoms with Crippen LogP contribution >= 0.6 is 0 Å². The molecule has 2 aromatic heterocycles. The van der Waals surface area contributed by atoms with Crippen molar-refractivity contribution in [3.8, 4) is 0 Å². The number of nitrogens with one attached hydrogen (secondary N) is 3. The highest BCUT2D eigenvalue weighted by atomic mass is 19.1. The Bertz CT molecular complexity index is 1830.